The number of piperidine rings is 1. The minimum atomic E-state index is 0.143. The fourth-order valence-electron chi connectivity index (χ4n) is 2.01. The minimum Gasteiger partial charge on any atom is -0.481 e. The minimum absolute atomic E-state index is 0.143. The van der Waals surface area contributed by atoms with Crippen LogP contribution in [-0.4, -0.2) is 30.7 Å². The third-order valence-corrected chi connectivity index (χ3v) is 3.07. The number of nitrogens with zero attached hydrogens (tertiary/aromatic N) is 1. The smallest absolute Gasteiger partial charge is 0.214 e. The average Bonchev–Trinajstić information content (AvgIpc) is 2.29. The van der Waals surface area contributed by atoms with E-state index in [1.807, 2.05) is 18.2 Å². The van der Waals surface area contributed by atoms with Gasteiger partial charge in [0.05, 0.1) is 7.11 Å². The molecule has 0 aliphatic carbocycles. The van der Waals surface area contributed by atoms with Crippen LogP contribution in [0.25, 0.3) is 0 Å². The van der Waals surface area contributed by atoms with Gasteiger partial charge in [-0.1, -0.05) is 6.07 Å². The van der Waals surface area contributed by atoms with Crippen molar-refractivity contribution in [2.75, 3.05) is 25.5 Å². The number of rotatable bonds is 3. The number of hydrogen-bond acceptors (Lipinski definition) is 4. The van der Waals surface area contributed by atoms with Crippen LogP contribution in [0.15, 0.2) is 18.2 Å². The molecular weight excluding hydrogens is 202 g/mol. The predicted octanol–water partition coefficient (Wildman–Crippen LogP) is 1.64. The molecule has 4 nitrogen and oxygen atoms in total. The van der Waals surface area contributed by atoms with Gasteiger partial charge in [0.25, 0.3) is 0 Å². The van der Waals surface area contributed by atoms with Crippen LogP contribution >= 0.6 is 0 Å². The van der Waals surface area contributed by atoms with E-state index >= 15 is 0 Å². The van der Waals surface area contributed by atoms with Crippen LogP contribution in [0.5, 0.6) is 5.88 Å². The van der Waals surface area contributed by atoms with Crippen molar-refractivity contribution in [3.05, 3.63) is 18.2 Å². The lowest BCUT2D eigenvalue weighted by Gasteiger charge is -2.35. The quantitative estimate of drug-likeness (QED) is 0.814. The van der Waals surface area contributed by atoms with Crippen molar-refractivity contribution in [3.8, 4) is 5.88 Å². The fraction of sp³-hybridized carbons (Fsp3) is 0.583. The second-order valence-electron chi connectivity index (χ2n) is 4.50. The van der Waals surface area contributed by atoms with Gasteiger partial charge in [-0.25, -0.2) is 0 Å². The van der Waals surface area contributed by atoms with Crippen molar-refractivity contribution in [2.24, 2.45) is 0 Å². The monoisotopic (exact) mass is 221 g/mol. The van der Waals surface area contributed by atoms with E-state index < -0.39 is 0 Å². The molecule has 0 unspecified atom stereocenters. The Morgan fingerprint density at radius 1 is 1.38 bits per heavy atom. The Hall–Kier alpha value is -1.29. The largest absolute Gasteiger partial charge is 0.481 e. The molecule has 2 N–H and O–H groups in total. The molecule has 16 heavy (non-hydrogen) atoms. The van der Waals surface area contributed by atoms with E-state index in [-0.39, 0.29) is 5.54 Å². The third kappa shape index (κ3) is 2.64. The normalized spacial score (nSPS) is 19.1. The lowest BCUT2D eigenvalue weighted by atomic mass is 9.91. The number of pyridine rings is 1. The van der Waals surface area contributed by atoms with Gasteiger partial charge in [0.1, 0.15) is 5.82 Å². The van der Waals surface area contributed by atoms with Gasteiger partial charge in [-0.15, -0.1) is 0 Å². The van der Waals surface area contributed by atoms with Crippen molar-refractivity contribution in [1.29, 1.82) is 0 Å². The van der Waals surface area contributed by atoms with Gasteiger partial charge in [-0.3, -0.25) is 0 Å². The Balaban J connectivity index is 2.07. The molecule has 88 valence electrons. The maximum atomic E-state index is 5.11. The number of methoxy groups -OCH3 is 1. The number of ether oxygens (including phenoxy) is 1. The Morgan fingerprint density at radius 2 is 2.12 bits per heavy atom. The van der Waals surface area contributed by atoms with Crippen molar-refractivity contribution in [1.82, 2.24) is 10.3 Å². The first-order valence-electron chi connectivity index (χ1n) is 5.72. The highest BCUT2D eigenvalue weighted by atomic mass is 16.5. The molecule has 0 amide bonds. The molecule has 0 radical (unpaired) electrons. The van der Waals surface area contributed by atoms with Crippen molar-refractivity contribution in [3.63, 3.8) is 0 Å². The van der Waals surface area contributed by atoms with Gasteiger partial charge < -0.3 is 15.4 Å². The molecule has 0 aromatic carbocycles. The third-order valence-electron chi connectivity index (χ3n) is 3.07. The second-order valence-corrected chi connectivity index (χ2v) is 4.50. The first-order valence-corrected chi connectivity index (χ1v) is 5.72. The lowest BCUT2D eigenvalue weighted by Crippen LogP contribution is -2.45. The Kier molecular flexibility index (Phi) is 3.29. The van der Waals surface area contributed by atoms with E-state index in [1.54, 1.807) is 7.11 Å². The Morgan fingerprint density at radius 3 is 2.81 bits per heavy atom. The van der Waals surface area contributed by atoms with E-state index in [0.29, 0.717) is 5.88 Å². The summed E-state index contributed by atoms with van der Waals surface area (Å²) in [7, 11) is 1.64. The van der Waals surface area contributed by atoms with Crippen LogP contribution in [-0.2, 0) is 0 Å². The molecule has 4 heteroatoms. The standard InChI is InChI=1S/C12H19N3O/c1-12(6-8-13-9-7-12)15-10-4-3-5-11(14-10)16-2/h3-5,13H,6-9H2,1-2H3,(H,14,15). The van der Waals surface area contributed by atoms with E-state index in [1.165, 1.54) is 0 Å². The molecule has 0 spiro atoms. The number of hydrogen-bond donors (Lipinski definition) is 2. The van der Waals surface area contributed by atoms with E-state index in [9.17, 15) is 0 Å². The van der Waals surface area contributed by atoms with Gasteiger partial charge in [0, 0.05) is 11.6 Å². The molecule has 1 aliphatic heterocycles. The average molecular weight is 221 g/mol. The Bertz CT molecular complexity index is 348. The van der Waals surface area contributed by atoms with E-state index in [4.69, 9.17) is 4.74 Å². The summed E-state index contributed by atoms with van der Waals surface area (Å²) in [4.78, 5) is 4.38. The maximum Gasteiger partial charge on any atom is 0.214 e. The topological polar surface area (TPSA) is 46.2 Å². The van der Waals surface area contributed by atoms with Gasteiger partial charge in [-0.2, -0.15) is 4.98 Å². The first kappa shape index (κ1) is 11.2. The molecule has 1 aliphatic rings. The summed E-state index contributed by atoms with van der Waals surface area (Å²) in [6.45, 7) is 4.37. The molecule has 2 rings (SSSR count). The number of nitrogens with one attached hydrogen (secondary N) is 2. The van der Waals surface area contributed by atoms with Crippen molar-refractivity contribution in [2.45, 2.75) is 25.3 Å². The van der Waals surface area contributed by atoms with Crippen LogP contribution in [0.4, 0.5) is 5.82 Å². The zero-order valence-electron chi connectivity index (χ0n) is 9.92. The van der Waals surface area contributed by atoms with Gasteiger partial charge >= 0.3 is 0 Å². The summed E-state index contributed by atoms with van der Waals surface area (Å²) in [5, 5.41) is 6.86. The lowest BCUT2D eigenvalue weighted by molar-refractivity contribution is 0.362. The highest BCUT2D eigenvalue weighted by Gasteiger charge is 2.26. The molecule has 1 aromatic heterocycles. The molecule has 1 aromatic rings. The van der Waals surface area contributed by atoms with Gasteiger partial charge in [0.2, 0.25) is 5.88 Å². The zero-order valence-corrected chi connectivity index (χ0v) is 9.92. The summed E-state index contributed by atoms with van der Waals surface area (Å²) >= 11 is 0. The Labute approximate surface area is 96.4 Å². The van der Waals surface area contributed by atoms with Crippen LogP contribution < -0.4 is 15.4 Å². The molecule has 1 saturated heterocycles. The van der Waals surface area contributed by atoms with Crippen LogP contribution in [0.2, 0.25) is 0 Å². The fourth-order valence-corrected chi connectivity index (χ4v) is 2.01. The number of anilines is 1. The second kappa shape index (κ2) is 4.70. The van der Waals surface area contributed by atoms with Gasteiger partial charge in [-0.05, 0) is 38.9 Å². The molecular formula is C12H19N3O. The number of aromatic nitrogens is 1. The van der Waals surface area contributed by atoms with Gasteiger partial charge in [0.15, 0.2) is 0 Å². The summed E-state index contributed by atoms with van der Waals surface area (Å²) in [6, 6.07) is 5.80. The summed E-state index contributed by atoms with van der Waals surface area (Å²) in [5.41, 5.74) is 0.143. The summed E-state index contributed by atoms with van der Waals surface area (Å²) < 4.78 is 5.11. The molecule has 0 saturated carbocycles. The highest BCUT2D eigenvalue weighted by molar-refractivity contribution is 5.40. The SMILES string of the molecule is COc1cccc(NC2(C)CCNCC2)n1. The molecule has 1 fully saturated rings. The zero-order chi connectivity index (χ0) is 11.4. The first-order chi connectivity index (χ1) is 7.72. The molecule has 2 heterocycles. The van der Waals surface area contributed by atoms with Crippen LogP contribution in [0.1, 0.15) is 19.8 Å². The van der Waals surface area contributed by atoms with Crippen LogP contribution in [0, 0.1) is 0 Å². The van der Waals surface area contributed by atoms with E-state index in [0.717, 1.165) is 31.7 Å². The predicted molar refractivity (Wildman–Crippen MR) is 64.9 cm³/mol. The molecule has 0 bridgehead atoms. The van der Waals surface area contributed by atoms with Crippen molar-refractivity contribution < 1.29 is 4.74 Å². The summed E-state index contributed by atoms with van der Waals surface area (Å²) in [6.07, 6.45) is 2.23. The highest BCUT2D eigenvalue weighted by Crippen LogP contribution is 2.23. The van der Waals surface area contributed by atoms with E-state index in [2.05, 4.69) is 22.5 Å². The maximum absolute atomic E-state index is 5.11. The summed E-state index contributed by atoms with van der Waals surface area (Å²) in [5.74, 6) is 1.55. The van der Waals surface area contributed by atoms with Crippen LogP contribution in [0.3, 0.4) is 0 Å². The molecule has 0 atom stereocenters. The van der Waals surface area contributed by atoms with Crippen molar-refractivity contribution >= 4 is 5.82 Å².